The molecule has 0 aliphatic carbocycles. The van der Waals surface area contributed by atoms with Gasteiger partial charge < -0.3 is 9.16 Å². The van der Waals surface area contributed by atoms with Crippen LogP contribution in [0.4, 0.5) is 0 Å². The van der Waals surface area contributed by atoms with E-state index in [1.165, 1.54) is 13.5 Å². The molecule has 0 aromatic carbocycles. The molecule has 0 aromatic heterocycles. The first-order chi connectivity index (χ1) is 6.18. The summed E-state index contributed by atoms with van der Waals surface area (Å²) in [6, 6.07) is 1.58. The lowest BCUT2D eigenvalue weighted by molar-refractivity contribution is -0.136. The lowest BCUT2D eigenvalue weighted by Gasteiger charge is -2.07. The first kappa shape index (κ1) is 12.6. The number of esters is 1. The zero-order valence-electron chi connectivity index (χ0n) is 8.47. The Labute approximate surface area is 84.1 Å². The molecule has 3 nitrogen and oxygen atoms in total. The van der Waals surface area contributed by atoms with E-state index in [-0.39, 0.29) is 15.2 Å². The molecular formula is C8H18O3Si2. The van der Waals surface area contributed by atoms with Gasteiger partial charge in [-0.3, -0.25) is 0 Å². The normalized spacial score (nSPS) is 18.9. The van der Waals surface area contributed by atoms with Crippen molar-refractivity contribution >= 4 is 24.3 Å². The third-order valence-corrected chi connectivity index (χ3v) is 6.71. The third-order valence-electron chi connectivity index (χ3n) is 1.61. The maximum atomic E-state index is 10.2. The monoisotopic (exact) mass is 218 g/mol. The van der Waals surface area contributed by atoms with Crippen LogP contribution in [0.25, 0.3) is 0 Å². The van der Waals surface area contributed by atoms with Crippen LogP contribution in [0.3, 0.4) is 0 Å². The van der Waals surface area contributed by atoms with Gasteiger partial charge in [0.05, 0.1) is 7.11 Å². The highest BCUT2D eigenvalue weighted by atomic mass is 29.2. The Bertz CT molecular complexity index is 155. The average molecular weight is 218 g/mol. The number of rotatable bonds is 1. The largest absolute Gasteiger partial charge is 0.466 e. The van der Waals surface area contributed by atoms with E-state index in [0.29, 0.717) is 14.6 Å². The van der Waals surface area contributed by atoms with E-state index >= 15 is 0 Å². The van der Waals surface area contributed by atoms with E-state index in [2.05, 4.69) is 11.3 Å². The van der Waals surface area contributed by atoms with E-state index in [9.17, 15) is 4.79 Å². The highest BCUT2D eigenvalue weighted by Crippen LogP contribution is 1.93. The fraction of sp³-hybridized carbons (Fsp3) is 0.625. The van der Waals surface area contributed by atoms with Gasteiger partial charge in [-0.05, 0) is 13.3 Å². The summed E-state index contributed by atoms with van der Waals surface area (Å²) in [5.74, 6) is -0.347. The molecule has 0 aromatic rings. The van der Waals surface area contributed by atoms with Crippen molar-refractivity contribution in [1.82, 2.24) is 0 Å². The fourth-order valence-corrected chi connectivity index (χ4v) is 5.13. The van der Waals surface area contributed by atoms with Gasteiger partial charge in [-0.2, -0.15) is 0 Å². The first-order valence-electron chi connectivity index (χ1n) is 4.50. The highest BCUT2D eigenvalue weighted by molar-refractivity contribution is 6.97. The van der Waals surface area contributed by atoms with Crippen molar-refractivity contribution in [3.05, 3.63) is 12.2 Å². The number of methoxy groups -OCH3 is 1. The van der Waals surface area contributed by atoms with E-state index in [1.807, 2.05) is 0 Å². The molecule has 1 rings (SSSR count). The Morgan fingerprint density at radius 2 is 2.31 bits per heavy atom. The van der Waals surface area contributed by atoms with Crippen LogP contribution in [0.15, 0.2) is 12.2 Å². The second-order valence-corrected chi connectivity index (χ2v) is 8.52. The summed E-state index contributed by atoms with van der Waals surface area (Å²) in [7, 11) is 1.90. The van der Waals surface area contributed by atoms with Crippen LogP contribution in [-0.2, 0) is 14.0 Å². The maximum absolute atomic E-state index is 10.2. The summed E-state index contributed by atoms with van der Waals surface area (Å²) >= 11 is 0. The molecule has 0 spiro atoms. The van der Waals surface area contributed by atoms with Crippen LogP contribution >= 0.6 is 0 Å². The summed E-state index contributed by atoms with van der Waals surface area (Å²) < 4.78 is 9.54. The van der Waals surface area contributed by atoms with E-state index in [0.717, 1.165) is 6.61 Å². The Balaban J connectivity index is 0.000000223. The summed E-state index contributed by atoms with van der Waals surface area (Å²) in [6.07, 6.45) is 1.37. The fourth-order valence-electron chi connectivity index (χ4n) is 0.861. The van der Waals surface area contributed by atoms with Gasteiger partial charge >= 0.3 is 5.97 Å². The number of carbonyl (C=O) groups excluding carboxylic acids is 1. The lowest BCUT2D eigenvalue weighted by atomic mass is 10.4. The molecule has 1 heterocycles. The minimum absolute atomic E-state index is 0.147. The molecule has 1 aliphatic heterocycles. The first-order valence-corrected chi connectivity index (χ1v) is 10.1. The maximum Gasteiger partial charge on any atom is 0.332 e. The third kappa shape index (κ3) is 7.95. The standard InChI is InChI=1S/C5H8O2.C3H10OSi2/c1-4(2)5(6)7-3;1-2-4-6-5-3-1/h1H2,2-3H3;1-3,5-6H2. The number of hydrogen-bond acceptors (Lipinski definition) is 3. The number of carbonyl (C=O) groups is 1. The van der Waals surface area contributed by atoms with E-state index in [1.54, 1.807) is 13.0 Å². The SMILES string of the molecule is C1CO[SiH2][SiH2]C1.C=C(C)C(=O)OC. The van der Waals surface area contributed by atoms with Crippen molar-refractivity contribution in [2.75, 3.05) is 13.7 Å². The molecule has 1 saturated heterocycles. The summed E-state index contributed by atoms with van der Waals surface area (Å²) in [5, 5.41) is 0. The summed E-state index contributed by atoms with van der Waals surface area (Å²) in [4.78, 5) is 10.2. The molecular weight excluding hydrogens is 200 g/mol. The zero-order chi connectivity index (χ0) is 10.1. The van der Waals surface area contributed by atoms with Gasteiger partial charge in [-0.25, -0.2) is 4.79 Å². The molecule has 1 aliphatic rings. The van der Waals surface area contributed by atoms with Gasteiger partial charge in [0.15, 0.2) is 0 Å². The molecule has 0 amide bonds. The Morgan fingerprint density at radius 1 is 1.62 bits per heavy atom. The molecule has 13 heavy (non-hydrogen) atoms. The van der Waals surface area contributed by atoms with Gasteiger partial charge in [-0.1, -0.05) is 12.6 Å². The second kappa shape index (κ2) is 8.21. The van der Waals surface area contributed by atoms with Gasteiger partial charge in [0.1, 0.15) is 9.28 Å². The Hall–Kier alpha value is -0.396. The van der Waals surface area contributed by atoms with Crippen molar-refractivity contribution in [3.63, 3.8) is 0 Å². The predicted octanol–water partition coefficient (Wildman–Crippen LogP) is -0.272. The van der Waals surface area contributed by atoms with Crippen molar-refractivity contribution in [1.29, 1.82) is 0 Å². The minimum Gasteiger partial charge on any atom is -0.466 e. The second-order valence-electron chi connectivity index (χ2n) is 2.94. The van der Waals surface area contributed by atoms with Crippen LogP contribution in [-0.4, -0.2) is 38.0 Å². The van der Waals surface area contributed by atoms with Crippen molar-refractivity contribution in [2.45, 2.75) is 19.4 Å². The Kier molecular flexibility index (Phi) is 7.96. The van der Waals surface area contributed by atoms with Crippen molar-refractivity contribution < 1.29 is 14.0 Å². The lowest BCUT2D eigenvalue weighted by Crippen LogP contribution is -2.15. The van der Waals surface area contributed by atoms with Gasteiger partial charge in [-0.15, -0.1) is 0 Å². The van der Waals surface area contributed by atoms with Gasteiger partial charge in [0.2, 0.25) is 0 Å². The van der Waals surface area contributed by atoms with Crippen LogP contribution in [0.2, 0.25) is 6.04 Å². The minimum atomic E-state index is -0.347. The molecule has 5 heteroatoms. The molecule has 0 bridgehead atoms. The summed E-state index contributed by atoms with van der Waals surface area (Å²) in [5.41, 5.74) is 0.433. The molecule has 76 valence electrons. The molecule has 0 saturated carbocycles. The smallest absolute Gasteiger partial charge is 0.332 e. The Morgan fingerprint density at radius 3 is 2.38 bits per heavy atom. The van der Waals surface area contributed by atoms with Crippen LogP contribution in [0.5, 0.6) is 0 Å². The zero-order valence-corrected chi connectivity index (χ0v) is 11.3. The highest BCUT2D eigenvalue weighted by Gasteiger charge is 1.97. The predicted molar refractivity (Wildman–Crippen MR) is 59.3 cm³/mol. The van der Waals surface area contributed by atoms with Gasteiger partial charge in [0, 0.05) is 21.2 Å². The van der Waals surface area contributed by atoms with Crippen LogP contribution in [0, 0.1) is 0 Å². The van der Waals surface area contributed by atoms with Crippen molar-refractivity contribution in [3.8, 4) is 0 Å². The van der Waals surface area contributed by atoms with Crippen molar-refractivity contribution in [2.24, 2.45) is 0 Å². The molecule has 0 radical (unpaired) electrons. The van der Waals surface area contributed by atoms with E-state index < -0.39 is 0 Å². The number of hydrogen-bond donors (Lipinski definition) is 0. The quantitative estimate of drug-likeness (QED) is 0.345. The van der Waals surface area contributed by atoms with Crippen LogP contribution in [0.1, 0.15) is 13.3 Å². The average Bonchev–Trinajstić information content (AvgIpc) is 2.20. The molecule has 0 atom stereocenters. The van der Waals surface area contributed by atoms with Gasteiger partial charge in [0.25, 0.3) is 0 Å². The topological polar surface area (TPSA) is 35.5 Å². The molecule has 0 unspecified atom stereocenters. The van der Waals surface area contributed by atoms with E-state index in [4.69, 9.17) is 4.43 Å². The number of ether oxygens (including phenoxy) is 1. The summed E-state index contributed by atoms with van der Waals surface area (Å²) in [6.45, 7) is 6.05. The molecule has 1 fully saturated rings. The van der Waals surface area contributed by atoms with Crippen LogP contribution < -0.4 is 0 Å². The molecule has 0 N–H and O–H groups in total.